The van der Waals surface area contributed by atoms with E-state index in [9.17, 15) is 5.11 Å². The SMILES string of the molecule is COc1c(CO)cccc1-c1ccnn1C(C)C. The molecule has 0 aliphatic heterocycles. The van der Waals surface area contributed by atoms with Crippen LogP contribution in [-0.2, 0) is 6.61 Å². The van der Waals surface area contributed by atoms with E-state index in [2.05, 4.69) is 18.9 Å². The van der Waals surface area contributed by atoms with Crippen molar-refractivity contribution in [3.63, 3.8) is 0 Å². The Kier molecular flexibility index (Phi) is 3.67. The normalized spacial score (nSPS) is 10.9. The van der Waals surface area contributed by atoms with E-state index >= 15 is 0 Å². The minimum Gasteiger partial charge on any atom is -0.496 e. The molecular weight excluding hydrogens is 228 g/mol. The number of benzene rings is 1. The van der Waals surface area contributed by atoms with Gasteiger partial charge in [-0.15, -0.1) is 0 Å². The number of rotatable bonds is 4. The average Bonchev–Trinajstić information content (AvgIpc) is 2.86. The maximum absolute atomic E-state index is 9.35. The molecular formula is C14H18N2O2. The number of aromatic nitrogens is 2. The Bertz CT molecular complexity index is 532. The monoisotopic (exact) mass is 246 g/mol. The largest absolute Gasteiger partial charge is 0.496 e. The molecule has 0 unspecified atom stereocenters. The predicted molar refractivity (Wildman–Crippen MR) is 70.5 cm³/mol. The van der Waals surface area contributed by atoms with E-state index in [0.717, 1.165) is 16.8 Å². The second kappa shape index (κ2) is 5.23. The first kappa shape index (κ1) is 12.6. The molecule has 0 saturated heterocycles. The number of nitrogens with zero attached hydrogens (tertiary/aromatic N) is 2. The van der Waals surface area contributed by atoms with Gasteiger partial charge in [0.05, 0.1) is 19.4 Å². The van der Waals surface area contributed by atoms with E-state index in [1.165, 1.54) is 0 Å². The van der Waals surface area contributed by atoms with E-state index in [0.29, 0.717) is 5.75 Å². The maximum Gasteiger partial charge on any atom is 0.133 e. The minimum absolute atomic E-state index is 0.0349. The summed E-state index contributed by atoms with van der Waals surface area (Å²) in [6, 6.07) is 7.99. The van der Waals surface area contributed by atoms with Gasteiger partial charge in [0.25, 0.3) is 0 Å². The van der Waals surface area contributed by atoms with Crippen molar-refractivity contribution in [2.75, 3.05) is 7.11 Å². The lowest BCUT2D eigenvalue weighted by Gasteiger charge is -2.15. The number of ether oxygens (including phenoxy) is 1. The van der Waals surface area contributed by atoms with Crippen molar-refractivity contribution in [3.8, 4) is 17.0 Å². The third-order valence-electron chi connectivity index (χ3n) is 2.91. The fourth-order valence-corrected chi connectivity index (χ4v) is 2.09. The zero-order chi connectivity index (χ0) is 13.1. The molecule has 0 amide bonds. The van der Waals surface area contributed by atoms with Crippen LogP contribution in [0.1, 0.15) is 25.5 Å². The van der Waals surface area contributed by atoms with Crippen LogP contribution in [0.15, 0.2) is 30.5 Å². The molecule has 0 aliphatic carbocycles. The summed E-state index contributed by atoms with van der Waals surface area (Å²) in [5.74, 6) is 0.711. The molecule has 0 aliphatic rings. The number of para-hydroxylation sites is 1. The fraction of sp³-hybridized carbons (Fsp3) is 0.357. The minimum atomic E-state index is -0.0349. The van der Waals surface area contributed by atoms with Gasteiger partial charge in [-0.05, 0) is 26.0 Å². The summed E-state index contributed by atoms with van der Waals surface area (Å²) in [7, 11) is 1.62. The van der Waals surface area contributed by atoms with Gasteiger partial charge >= 0.3 is 0 Å². The first-order valence-corrected chi connectivity index (χ1v) is 5.99. The van der Waals surface area contributed by atoms with E-state index in [1.807, 2.05) is 28.9 Å². The molecule has 2 aromatic rings. The first-order chi connectivity index (χ1) is 8.69. The standard InChI is InChI=1S/C14H18N2O2/c1-10(2)16-13(7-8-15-16)12-6-4-5-11(9-17)14(12)18-3/h4-8,10,17H,9H2,1-3H3. The molecule has 4 nitrogen and oxygen atoms in total. The van der Waals surface area contributed by atoms with Crippen LogP contribution in [0, 0.1) is 0 Å². The third-order valence-corrected chi connectivity index (χ3v) is 2.91. The van der Waals surface area contributed by atoms with Gasteiger partial charge < -0.3 is 9.84 Å². The molecule has 0 spiro atoms. The molecule has 1 aromatic heterocycles. The van der Waals surface area contributed by atoms with Crippen LogP contribution in [-0.4, -0.2) is 22.0 Å². The van der Waals surface area contributed by atoms with Gasteiger partial charge in [-0.1, -0.05) is 12.1 Å². The highest BCUT2D eigenvalue weighted by molar-refractivity contribution is 5.69. The molecule has 18 heavy (non-hydrogen) atoms. The topological polar surface area (TPSA) is 47.3 Å². The zero-order valence-electron chi connectivity index (χ0n) is 10.9. The Morgan fingerprint density at radius 1 is 1.33 bits per heavy atom. The second-order valence-electron chi connectivity index (χ2n) is 4.41. The van der Waals surface area contributed by atoms with Crippen molar-refractivity contribution in [2.24, 2.45) is 0 Å². The van der Waals surface area contributed by atoms with Gasteiger partial charge in [0.2, 0.25) is 0 Å². The average molecular weight is 246 g/mol. The van der Waals surface area contributed by atoms with Crippen LogP contribution in [0.4, 0.5) is 0 Å². The van der Waals surface area contributed by atoms with Crippen molar-refractivity contribution < 1.29 is 9.84 Å². The molecule has 2 rings (SSSR count). The molecule has 0 bridgehead atoms. The van der Waals surface area contributed by atoms with Crippen LogP contribution >= 0.6 is 0 Å². The van der Waals surface area contributed by atoms with Crippen LogP contribution in [0.3, 0.4) is 0 Å². The molecule has 96 valence electrons. The van der Waals surface area contributed by atoms with Crippen LogP contribution < -0.4 is 4.74 Å². The highest BCUT2D eigenvalue weighted by atomic mass is 16.5. The molecule has 0 saturated carbocycles. The number of hydrogen-bond donors (Lipinski definition) is 1. The molecule has 1 aromatic carbocycles. The van der Waals surface area contributed by atoms with E-state index in [4.69, 9.17) is 4.74 Å². The van der Waals surface area contributed by atoms with Crippen molar-refractivity contribution in [1.82, 2.24) is 9.78 Å². The Labute approximate surface area is 107 Å². The summed E-state index contributed by atoms with van der Waals surface area (Å²) in [5.41, 5.74) is 2.74. The van der Waals surface area contributed by atoms with Gasteiger partial charge in [0, 0.05) is 23.4 Å². The predicted octanol–water partition coefficient (Wildman–Crippen LogP) is 2.63. The first-order valence-electron chi connectivity index (χ1n) is 5.99. The second-order valence-corrected chi connectivity index (χ2v) is 4.41. The zero-order valence-corrected chi connectivity index (χ0v) is 10.9. The van der Waals surface area contributed by atoms with Crippen molar-refractivity contribution in [2.45, 2.75) is 26.5 Å². The molecule has 4 heteroatoms. The highest BCUT2D eigenvalue weighted by Gasteiger charge is 2.15. The number of methoxy groups -OCH3 is 1. The van der Waals surface area contributed by atoms with Gasteiger partial charge in [0.15, 0.2) is 0 Å². The Balaban J connectivity index is 2.60. The number of aliphatic hydroxyl groups excluding tert-OH is 1. The van der Waals surface area contributed by atoms with E-state index in [-0.39, 0.29) is 12.6 Å². The molecule has 0 atom stereocenters. The fourth-order valence-electron chi connectivity index (χ4n) is 2.09. The van der Waals surface area contributed by atoms with Gasteiger partial charge in [-0.2, -0.15) is 5.10 Å². The lowest BCUT2D eigenvalue weighted by molar-refractivity contribution is 0.274. The highest BCUT2D eigenvalue weighted by Crippen LogP contribution is 2.33. The maximum atomic E-state index is 9.35. The summed E-state index contributed by atoms with van der Waals surface area (Å²) in [6.07, 6.45) is 1.78. The molecule has 0 fully saturated rings. The summed E-state index contributed by atoms with van der Waals surface area (Å²) in [5, 5.41) is 13.7. The quantitative estimate of drug-likeness (QED) is 0.902. The Hall–Kier alpha value is -1.81. The van der Waals surface area contributed by atoms with Gasteiger partial charge in [-0.3, -0.25) is 4.68 Å². The third kappa shape index (κ3) is 2.11. The van der Waals surface area contributed by atoms with Crippen molar-refractivity contribution in [1.29, 1.82) is 0 Å². The smallest absolute Gasteiger partial charge is 0.133 e. The Morgan fingerprint density at radius 3 is 2.72 bits per heavy atom. The van der Waals surface area contributed by atoms with Crippen LogP contribution in [0.5, 0.6) is 5.75 Å². The van der Waals surface area contributed by atoms with Gasteiger partial charge in [-0.25, -0.2) is 0 Å². The van der Waals surface area contributed by atoms with Crippen molar-refractivity contribution in [3.05, 3.63) is 36.0 Å². The Morgan fingerprint density at radius 2 is 2.11 bits per heavy atom. The van der Waals surface area contributed by atoms with E-state index < -0.39 is 0 Å². The lowest BCUT2D eigenvalue weighted by Crippen LogP contribution is -2.05. The number of hydrogen-bond acceptors (Lipinski definition) is 3. The summed E-state index contributed by atoms with van der Waals surface area (Å²) in [6.45, 7) is 4.13. The molecule has 1 N–H and O–H groups in total. The molecule has 0 radical (unpaired) electrons. The number of aliphatic hydroxyl groups is 1. The van der Waals surface area contributed by atoms with E-state index in [1.54, 1.807) is 13.3 Å². The van der Waals surface area contributed by atoms with Crippen LogP contribution in [0.2, 0.25) is 0 Å². The summed E-state index contributed by atoms with van der Waals surface area (Å²) >= 11 is 0. The summed E-state index contributed by atoms with van der Waals surface area (Å²) in [4.78, 5) is 0. The summed E-state index contributed by atoms with van der Waals surface area (Å²) < 4.78 is 7.37. The lowest BCUT2D eigenvalue weighted by atomic mass is 10.1. The van der Waals surface area contributed by atoms with Crippen molar-refractivity contribution >= 4 is 0 Å². The van der Waals surface area contributed by atoms with Crippen LogP contribution in [0.25, 0.3) is 11.3 Å². The molecule has 1 heterocycles. The van der Waals surface area contributed by atoms with Gasteiger partial charge in [0.1, 0.15) is 5.75 Å².